The van der Waals surface area contributed by atoms with Crippen molar-refractivity contribution in [2.45, 2.75) is 25.7 Å². The molecule has 328 valence electrons. The Kier molecular flexibility index (Phi) is 13.1. The molecule has 0 saturated heterocycles. The molecule has 7 aromatic rings. The van der Waals surface area contributed by atoms with E-state index < -0.39 is 71.8 Å². The summed E-state index contributed by atoms with van der Waals surface area (Å²) in [6.07, 6.45) is 2.50. The third kappa shape index (κ3) is 10.0. The Morgan fingerprint density at radius 3 is 1.89 bits per heavy atom. The van der Waals surface area contributed by atoms with Crippen molar-refractivity contribution in [3.63, 3.8) is 0 Å². The van der Waals surface area contributed by atoms with Crippen molar-refractivity contribution < 1.29 is 54.3 Å². The van der Waals surface area contributed by atoms with E-state index in [4.69, 9.17) is 0 Å². The smallest absolute Gasteiger partial charge is 0.339 e. The number of phenols is 2. The van der Waals surface area contributed by atoms with Crippen molar-refractivity contribution in [1.82, 2.24) is 30.7 Å². The van der Waals surface area contributed by atoms with Crippen LogP contribution in [-0.2, 0) is 24.4 Å². The zero-order valence-corrected chi connectivity index (χ0v) is 33.6. The number of carboxylic acid groups (broad SMARTS) is 1. The molecule has 11 N–H and O–H groups in total. The maximum atomic E-state index is 13.6. The summed E-state index contributed by atoms with van der Waals surface area (Å²) in [5, 5.41) is 74.2. The van der Waals surface area contributed by atoms with Gasteiger partial charge in [-0.3, -0.25) is 24.0 Å². The average molecular weight is 881 g/mol. The van der Waals surface area contributed by atoms with Crippen LogP contribution < -0.4 is 26.6 Å². The number of carboxylic acids is 1. The number of aliphatic hydroxyl groups is 2. The van der Waals surface area contributed by atoms with Gasteiger partial charge in [0.15, 0.2) is 0 Å². The molecule has 0 bridgehead atoms. The number of benzene rings is 4. The SMILES string of the molecule is O=C(N[C@@H](Cc1cn[nH]n1)C(=O)Nc1ccc(C(=O)Nc2ccc(C(=O)Nc3ccc(C(=O)O)c(O)c3CO)c(O)c2CO)nc1)c1ccc(NC(=O)c2ccc3ccccc3n2)cc1. The van der Waals surface area contributed by atoms with Gasteiger partial charge in [-0.05, 0) is 72.8 Å². The number of aromatic amines is 1. The van der Waals surface area contributed by atoms with E-state index >= 15 is 0 Å². The van der Waals surface area contributed by atoms with Crippen LogP contribution in [0.15, 0.2) is 109 Å². The number of carbonyl (C=O) groups is 6. The fourth-order valence-electron chi connectivity index (χ4n) is 6.47. The number of aliphatic hydroxyl groups excluding tert-OH is 2. The number of pyridine rings is 2. The predicted octanol–water partition coefficient (Wildman–Crippen LogP) is 3.58. The Balaban J connectivity index is 0.980. The number of hydrogen-bond donors (Lipinski definition) is 11. The maximum Gasteiger partial charge on any atom is 0.339 e. The van der Waals surface area contributed by atoms with Gasteiger partial charge in [-0.2, -0.15) is 15.4 Å². The van der Waals surface area contributed by atoms with Crippen molar-refractivity contribution in [2.75, 3.05) is 21.3 Å². The lowest BCUT2D eigenvalue weighted by Crippen LogP contribution is -2.45. The number of aromatic nitrogens is 5. The normalized spacial score (nSPS) is 11.3. The molecule has 0 aliphatic heterocycles. The minimum Gasteiger partial charge on any atom is -0.507 e. The second kappa shape index (κ2) is 19.3. The molecular formula is C44H36N10O11. The number of carbonyl (C=O) groups excluding carboxylic acids is 5. The Hall–Kier alpha value is -9.08. The number of fused-ring (bicyclic) bond motifs is 1. The van der Waals surface area contributed by atoms with Crippen LogP contribution in [0.3, 0.4) is 0 Å². The van der Waals surface area contributed by atoms with E-state index in [9.17, 15) is 54.3 Å². The first kappa shape index (κ1) is 44.0. The van der Waals surface area contributed by atoms with E-state index in [1.807, 2.05) is 18.2 Å². The number of nitrogens with one attached hydrogen (secondary N) is 6. The van der Waals surface area contributed by atoms with Crippen LogP contribution in [0.4, 0.5) is 22.7 Å². The van der Waals surface area contributed by atoms with Crippen LogP contribution in [-0.4, -0.2) is 92.5 Å². The highest BCUT2D eigenvalue weighted by Gasteiger charge is 2.25. The predicted molar refractivity (Wildman–Crippen MR) is 231 cm³/mol. The Morgan fingerprint density at radius 2 is 1.25 bits per heavy atom. The van der Waals surface area contributed by atoms with Crippen molar-refractivity contribution in [1.29, 1.82) is 0 Å². The number of nitrogens with zero attached hydrogens (tertiary/aromatic N) is 4. The summed E-state index contributed by atoms with van der Waals surface area (Å²) in [7, 11) is 0. The molecule has 0 unspecified atom stereocenters. The fraction of sp³-hybridized carbons (Fsp3) is 0.0909. The zero-order valence-electron chi connectivity index (χ0n) is 33.6. The van der Waals surface area contributed by atoms with E-state index in [1.54, 1.807) is 18.2 Å². The molecule has 4 aromatic carbocycles. The molecule has 0 saturated carbocycles. The van der Waals surface area contributed by atoms with Gasteiger partial charge in [-0.15, -0.1) is 0 Å². The number of hydrogen-bond acceptors (Lipinski definition) is 14. The van der Waals surface area contributed by atoms with Gasteiger partial charge >= 0.3 is 5.97 Å². The van der Waals surface area contributed by atoms with Crippen molar-refractivity contribution >= 4 is 69.2 Å². The standard InChI is InChI=1S/C44H36N10O11/c55-20-29-33(15-11-27(37(29)57)40(60)50-32-16-12-28(44(64)65)38(58)30(32)21-56)51-41(61)34-14-10-25(18-45-34)48-43(63)36(17-26-19-46-54-53-26)52-39(59)23-5-8-24(9-6-23)47-42(62)35-13-7-22-3-1-2-4-31(22)49-35/h1-16,18-19,36,55-58H,17,20-21H2,(H,47,62)(H,48,63)(H,50,60)(H,51,61)(H,52,59)(H,64,65)(H,46,53,54)/t36-/m0/s1. The van der Waals surface area contributed by atoms with E-state index in [0.29, 0.717) is 16.9 Å². The van der Waals surface area contributed by atoms with E-state index in [-0.39, 0.29) is 57.1 Å². The first-order valence-corrected chi connectivity index (χ1v) is 19.3. The fourth-order valence-corrected chi connectivity index (χ4v) is 6.47. The molecule has 3 heterocycles. The maximum absolute atomic E-state index is 13.6. The number of rotatable bonds is 15. The molecule has 3 aromatic heterocycles. The summed E-state index contributed by atoms with van der Waals surface area (Å²) in [6.45, 7) is -1.67. The second-order valence-corrected chi connectivity index (χ2v) is 14.0. The van der Waals surface area contributed by atoms with Crippen molar-refractivity contribution in [2.24, 2.45) is 0 Å². The van der Waals surface area contributed by atoms with Gasteiger partial charge in [-0.25, -0.2) is 14.8 Å². The van der Waals surface area contributed by atoms with Crippen LogP contribution >= 0.6 is 0 Å². The van der Waals surface area contributed by atoms with Crippen LogP contribution in [0.5, 0.6) is 11.5 Å². The first-order valence-electron chi connectivity index (χ1n) is 19.3. The number of H-pyrrole nitrogens is 1. The number of amides is 5. The van der Waals surface area contributed by atoms with Gasteiger partial charge in [-0.1, -0.05) is 24.3 Å². The molecule has 0 fully saturated rings. The molecule has 21 heteroatoms. The molecule has 0 aliphatic carbocycles. The van der Waals surface area contributed by atoms with Crippen molar-refractivity contribution in [3.8, 4) is 11.5 Å². The summed E-state index contributed by atoms with van der Waals surface area (Å²) < 4.78 is 0. The lowest BCUT2D eigenvalue weighted by molar-refractivity contribution is -0.118. The molecule has 1 atom stereocenters. The average Bonchev–Trinajstić information content (AvgIpc) is 3.82. The minimum atomic E-state index is -1.47. The number of anilines is 4. The van der Waals surface area contributed by atoms with Gasteiger partial charge in [0, 0.05) is 34.2 Å². The number of aromatic hydroxyl groups is 2. The van der Waals surface area contributed by atoms with Crippen LogP contribution in [0.2, 0.25) is 0 Å². The van der Waals surface area contributed by atoms with Crippen LogP contribution in [0.25, 0.3) is 10.9 Å². The van der Waals surface area contributed by atoms with E-state index in [1.165, 1.54) is 54.9 Å². The molecular weight excluding hydrogens is 845 g/mol. The molecule has 0 aliphatic rings. The Bertz CT molecular complexity index is 2960. The lowest BCUT2D eigenvalue weighted by Gasteiger charge is -2.18. The summed E-state index contributed by atoms with van der Waals surface area (Å²) in [5.74, 6) is -6.43. The molecule has 65 heavy (non-hydrogen) atoms. The van der Waals surface area contributed by atoms with Crippen LogP contribution in [0, 0.1) is 0 Å². The number of aromatic carboxylic acids is 1. The molecule has 5 amide bonds. The molecule has 0 radical (unpaired) electrons. The highest BCUT2D eigenvalue weighted by Crippen LogP contribution is 2.33. The molecule has 21 nitrogen and oxygen atoms in total. The molecule has 7 rings (SSSR count). The van der Waals surface area contributed by atoms with Gasteiger partial charge < -0.3 is 52.1 Å². The molecule has 0 spiro atoms. The quantitative estimate of drug-likeness (QED) is 0.0701. The van der Waals surface area contributed by atoms with E-state index in [2.05, 4.69) is 52.0 Å². The van der Waals surface area contributed by atoms with Gasteiger partial charge in [0.1, 0.15) is 34.5 Å². The zero-order chi connectivity index (χ0) is 46.2. The topological polar surface area (TPSA) is 331 Å². The number of para-hydroxylation sites is 1. The van der Waals surface area contributed by atoms with Gasteiger partial charge in [0.05, 0.1) is 59.4 Å². The van der Waals surface area contributed by atoms with Gasteiger partial charge in [0.25, 0.3) is 23.6 Å². The Morgan fingerprint density at radius 1 is 0.615 bits per heavy atom. The van der Waals surface area contributed by atoms with Crippen LogP contribution in [0.1, 0.15) is 68.9 Å². The summed E-state index contributed by atoms with van der Waals surface area (Å²) in [6, 6.07) is 22.8. The second-order valence-electron chi connectivity index (χ2n) is 14.0. The highest BCUT2D eigenvalue weighted by atomic mass is 16.4. The highest BCUT2D eigenvalue weighted by molar-refractivity contribution is 6.09. The lowest BCUT2D eigenvalue weighted by atomic mass is 10.0. The minimum absolute atomic E-state index is 0.0669. The summed E-state index contributed by atoms with van der Waals surface area (Å²) >= 11 is 0. The third-order valence-corrected chi connectivity index (χ3v) is 9.85. The third-order valence-electron chi connectivity index (χ3n) is 9.85. The van der Waals surface area contributed by atoms with Crippen molar-refractivity contribution in [3.05, 3.63) is 154 Å². The van der Waals surface area contributed by atoms with E-state index in [0.717, 1.165) is 23.6 Å². The first-order chi connectivity index (χ1) is 31.3. The Labute approximate surface area is 366 Å². The largest absolute Gasteiger partial charge is 0.507 e. The summed E-state index contributed by atoms with van der Waals surface area (Å²) in [5.41, 5.74) is 0.140. The monoisotopic (exact) mass is 880 g/mol. The summed E-state index contributed by atoms with van der Waals surface area (Å²) in [4.78, 5) is 86.0. The van der Waals surface area contributed by atoms with Gasteiger partial charge in [0.2, 0.25) is 5.91 Å².